The van der Waals surface area contributed by atoms with E-state index in [0.29, 0.717) is 11.7 Å². The molecule has 3 rings (SSSR count). The van der Waals surface area contributed by atoms with Gasteiger partial charge >= 0.3 is 0 Å². The standard InChI is InChI=1S/C21H25N3O4/c1-12-8-18(12)23-19(25)15-10-17(20(26)22-3)21(27)24(11-15)13(2)14-6-5-7-16(9-14)28-4/h5-7,9-13,18H,8H2,1-4H3,(H,22,26)(H,23,25)/t12-,13?,18-/m0/s1. The van der Waals surface area contributed by atoms with Crippen LogP contribution in [0.1, 0.15) is 52.6 Å². The van der Waals surface area contributed by atoms with E-state index >= 15 is 0 Å². The lowest BCUT2D eigenvalue weighted by Gasteiger charge is -2.19. The first kappa shape index (κ1) is 19.7. The van der Waals surface area contributed by atoms with E-state index in [0.717, 1.165) is 12.0 Å². The fourth-order valence-corrected chi connectivity index (χ4v) is 3.15. The number of hydrogen-bond acceptors (Lipinski definition) is 4. The van der Waals surface area contributed by atoms with Gasteiger partial charge in [0, 0.05) is 19.3 Å². The average Bonchev–Trinajstić information content (AvgIpc) is 3.41. The highest BCUT2D eigenvalue weighted by molar-refractivity contribution is 5.99. The van der Waals surface area contributed by atoms with E-state index in [1.165, 1.54) is 23.9 Å². The van der Waals surface area contributed by atoms with Crippen LogP contribution in [0.5, 0.6) is 5.75 Å². The Kier molecular flexibility index (Phi) is 5.53. The summed E-state index contributed by atoms with van der Waals surface area (Å²) in [5.41, 5.74) is 0.601. The molecule has 1 unspecified atom stereocenters. The van der Waals surface area contributed by atoms with Crippen LogP contribution in [0, 0.1) is 5.92 Å². The SMILES string of the molecule is CNC(=O)c1cc(C(=O)N[C@H]2C[C@@H]2C)cn(C(C)c2cccc(OC)c2)c1=O. The molecule has 0 radical (unpaired) electrons. The van der Waals surface area contributed by atoms with Gasteiger partial charge < -0.3 is 19.9 Å². The summed E-state index contributed by atoms with van der Waals surface area (Å²) in [6, 6.07) is 8.47. The zero-order valence-electron chi connectivity index (χ0n) is 16.5. The minimum Gasteiger partial charge on any atom is -0.497 e. The Bertz CT molecular complexity index is 966. The van der Waals surface area contributed by atoms with E-state index in [9.17, 15) is 14.4 Å². The van der Waals surface area contributed by atoms with E-state index in [4.69, 9.17) is 4.74 Å². The Morgan fingerprint density at radius 3 is 2.57 bits per heavy atom. The number of carbonyl (C=O) groups is 2. The maximum absolute atomic E-state index is 12.9. The van der Waals surface area contributed by atoms with Crippen LogP contribution < -0.4 is 20.9 Å². The van der Waals surface area contributed by atoms with Gasteiger partial charge in [-0.3, -0.25) is 14.4 Å². The normalized spacial score (nSPS) is 18.9. The van der Waals surface area contributed by atoms with Gasteiger partial charge in [-0.15, -0.1) is 0 Å². The summed E-state index contributed by atoms with van der Waals surface area (Å²) in [6.45, 7) is 3.90. The molecule has 1 saturated carbocycles. The molecule has 2 N–H and O–H groups in total. The van der Waals surface area contributed by atoms with Crippen molar-refractivity contribution >= 4 is 11.8 Å². The third-order valence-electron chi connectivity index (χ3n) is 5.20. The zero-order chi connectivity index (χ0) is 20.4. The van der Waals surface area contributed by atoms with Gasteiger partial charge in [0.05, 0.1) is 18.7 Å². The largest absolute Gasteiger partial charge is 0.497 e. The van der Waals surface area contributed by atoms with Gasteiger partial charge in [0.25, 0.3) is 17.4 Å². The molecule has 1 aliphatic rings. The Hall–Kier alpha value is -3.09. The number of rotatable bonds is 6. The van der Waals surface area contributed by atoms with Crippen LogP contribution in [0.3, 0.4) is 0 Å². The van der Waals surface area contributed by atoms with Gasteiger partial charge in [0.1, 0.15) is 11.3 Å². The van der Waals surface area contributed by atoms with E-state index in [-0.39, 0.29) is 23.1 Å². The zero-order valence-corrected chi connectivity index (χ0v) is 16.5. The van der Waals surface area contributed by atoms with Gasteiger partial charge in [-0.1, -0.05) is 19.1 Å². The minimum atomic E-state index is -0.522. The van der Waals surface area contributed by atoms with Gasteiger partial charge in [-0.05, 0) is 43.0 Å². The Labute approximate surface area is 163 Å². The molecular weight excluding hydrogens is 358 g/mol. The number of nitrogens with zero attached hydrogens (tertiary/aromatic N) is 1. The number of benzene rings is 1. The molecule has 0 spiro atoms. The van der Waals surface area contributed by atoms with Crippen LogP contribution in [0.4, 0.5) is 0 Å². The molecule has 1 fully saturated rings. The predicted molar refractivity (Wildman–Crippen MR) is 106 cm³/mol. The van der Waals surface area contributed by atoms with Gasteiger partial charge in [0.2, 0.25) is 0 Å². The van der Waals surface area contributed by atoms with Crippen LogP contribution in [-0.2, 0) is 0 Å². The maximum atomic E-state index is 12.9. The number of carbonyl (C=O) groups excluding carboxylic acids is 2. The summed E-state index contributed by atoms with van der Waals surface area (Å²) in [7, 11) is 3.03. The number of methoxy groups -OCH3 is 1. The summed E-state index contributed by atoms with van der Waals surface area (Å²) < 4.78 is 6.68. The van der Waals surface area contributed by atoms with Crippen molar-refractivity contribution in [2.45, 2.75) is 32.4 Å². The monoisotopic (exact) mass is 383 g/mol. The van der Waals surface area contributed by atoms with Gasteiger partial charge in [-0.2, -0.15) is 0 Å². The second-order valence-corrected chi connectivity index (χ2v) is 7.18. The third-order valence-corrected chi connectivity index (χ3v) is 5.20. The molecule has 148 valence electrons. The predicted octanol–water partition coefficient (Wildman–Crippen LogP) is 1.96. The molecule has 3 atom stereocenters. The number of nitrogens with one attached hydrogen (secondary N) is 2. The molecule has 28 heavy (non-hydrogen) atoms. The minimum absolute atomic E-state index is 0.0614. The summed E-state index contributed by atoms with van der Waals surface area (Å²) in [5.74, 6) is 0.307. The number of pyridine rings is 1. The Morgan fingerprint density at radius 1 is 1.25 bits per heavy atom. The van der Waals surface area contributed by atoms with Crippen LogP contribution in [0.2, 0.25) is 0 Å². The van der Waals surface area contributed by atoms with E-state index in [1.807, 2.05) is 31.2 Å². The molecule has 1 heterocycles. The van der Waals surface area contributed by atoms with Crippen molar-refractivity contribution in [3.63, 3.8) is 0 Å². The molecule has 0 aliphatic heterocycles. The van der Waals surface area contributed by atoms with Crippen LogP contribution in [0.25, 0.3) is 0 Å². The molecular formula is C21H25N3O4. The van der Waals surface area contributed by atoms with Gasteiger partial charge in [0.15, 0.2) is 0 Å². The average molecular weight is 383 g/mol. The molecule has 2 aromatic rings. The van der Waals surface area contributed by atoms with Crippen molar-refractivity contribution in [3.05, 3.63) is 63.6 Å². The molecule has 1 aromatic heterocycles. The molecule has 7 heteroatoms. The highest BCUT2D eigenvalue weighted by Crippen LogP contribution is 2.29. The molecule has 7 nitrogen and oxygen atoms in total. The van der Waals surface area contributed by atoms with Crippen molar-refractivity contribution in [3.8, 4) is 5.75 Å². The van der Waals surface area contributed by atoms with E-state index in [1.54, 1.807) is 7.11 Å². The highest BCUT2D eigenvalue weighted by atomic mass is 16.5. The first-order valence-corrected chi connectivity index (χ1v) is 9.28. The van der Waals surface area contributed by atoms with Gasteiger partial charge in [-0.25, -0.2) is 0 Å². The number of hydrogen-bond donors (Lipinski definition) is 2. The number of ether oxygens (including phenoxy) is 1. The van der Waals surface area contributed by atoms with Crippen LogP contribution in [-0.4, -0.2) is 36.6 Å². The van der Waals surface area contributed by atoms with E-state index in [2.05, 4.69) is 17.6 Å². The highest BCUT2D eigenvalue weighted by Gasteiger charge is 2.34. The van der Waals surface area contributed by atoms with Crippen molar-refractivity contribution in [1.29, 1.82) is 0 Å². The van der Waals surface area contributed by atoms with Crippen molar-refractivity contribution in [2.24, 2.45) is 5.92 Å². The first-order chi connectivity index (χ1) is 13.3. The Morgan fingerprint density at radius 2 is 1.96 bits per heavy atom. The third kappa shape index (κ3) is 3.93. The topological polar surface area (TPSA) is 89.4 Å². The van der Waals surface area contributed by atoms with Crippen LogP contribution in [0.15, 0.2) is 41.3 Å². The Balaban J connectivity index is 2.05. The lowest BCUT2D eigenvalue weighted by molar-refractivity contribution is 0.0948. The summed E-state index contributed by atoms with van der Waals surface area (Å²) in [5, 5.41) is 5.41. The summed E-state index contributed by atoms with van der Waals surface area (Å²) >= 11 is 0. The molecule has 2 amide bonds. The lowest BCUT2D eigenvalue weighted by atomic mass is 10.1. The molecule has 0 saturated heterocycles. The number of aromatic nitrogens is 1. The fourth-order valence-electron chi connectivity index (χ4n) is 3.15. The molecule has 1 aromatic carbocycles. The fraction of sp³-hybridized carbons (Fsp3) is 0.381. The van der Waals surface area contributed by atoms with Crippen molar-refractivity contribution < 1.29 is 14.3 Å². The van der Waals surface area contributed by atoms with E-state index < -0.39 is 17.5 Å². The summed E-state index contributed by atoms with van der Waals surface area (Å²) in [4.78, 5) is 37.8. The van der Waals surface area contributed by atoms with Crippen LogP contribution >= 0.6 is 0 Å². The second-order valence-electron chi connectivity index (χ2n) is 7.18. The molecule has 0 bridgehead atoms. The smallest absolute Gasteiger partial charge is 0.264 e. The lowest BCUT2D eigenvalue weighted by Crippen LogP contribution is -2.35. The quantitative estimate of drug-likeness (QED) is 0.798. The summed E-state index contributed by atoms with van der Waals surface area (Å²) in [6.07, 6.45) is 2.45. The molecule has 1 aliphatic carbocycles. The second kappa shape index (κ2) is 7.88. The van der Waals surface area contributed by atoms with Crippen molar-refractivity contribution in [1.82, 2.24) is 15.2 Å². The number of amides is 2. The maximum Gasteiger partial charge on any atom is 0.264 e. The first-order valence-electron chi connectivity index (χ1n) is 9.28. The van der Waals surface area contributed by atoms with Crippen molar-refractivity contribution in [2.75, 3.05) is 14.2 Å².